The first kappa shape index (κ1) is 26.6. The second-order valence-corrected chi connectivity index (χ2v) is 10.6. The predicted molar refractivity (Wildman–Crippen MR) is 140 cm³/mol. The van der Waals surface area contributed by atoms with Gasteiger partial charge in [-0.2, -0.15) is 13.2 Å². The van der Waals surface area contributed by atoms with Crippen molar-refractivity contribution in [1.29, 1.82) is 0 Å². The predicted octanol–water partition coefficient (Wildman–Crippen LogP) is 5.09. The van der Waals surface area contributed by atoms with Gasteiger partial charge in [-0.1, -0.05) is 41.9 Å². The fourth-order valence-electron chi connectivity index (χ4n) is 5.97. The molecule has 10 heteroatoms. The lowest BCUT2D eigenvalue weighted by Gasteiger charge is -2.42. The second-order valence-electron chi connectivity index (χ2n) is 10.2. The summed E-state index contributed by atoms with van der Waals surface area (Å²) in [5.74, 6) is -0.606. The van der Waals surface area contributed by atoms with Crippen molar-refractivity contribution in [3.8, 4) is 0 Å². The minimum atomic E-state index is -5.13. The molecule has 5 rings (SSSR count). The number of fused-ring (bicyclic) bond motifs is 1. The van der Waals surface area contributed by atoms with Crippen molar-refractivity contribution in [2.24, 2.45) is 11.8 Å². The van der Waals surface area contributed by atoms with Crippen molar-refractivity contribution in [3.63, 3.8) is 0 Å². The number of benzene rings is 2. The van der Waals surface area contributed by atoms with Gasteiger partial charge in [0.2, 0.25) is 0 Å². The number of aliphatic hydroxyl groups is 1. The zero-order valence-corrected chi connectivity index (χ0v) is 21.4. The van der Waals surface area contributed by atoms with E-state index >= 15 is 0 Å². The number of H-pyrrole nitrogens is 1. The number of likely N-dealkylation sites (tertiary alicyclic amines) is 1. The average molecular weight is 548 g/mol. The van der Waals surface area contributed by atoms with Crippen LogP contribution in [-0.2, 0) is 10.4 Å². The summed E-state index contributed by atoms with van der Waals surface area (Å²) in [6.45, 7) is 1.97. The summed E-state index contributed by atoms with van der Waals surface area (Å²) in [5.41, 5.74) is -3.29. The van der Waals surface area contributed by atoms with Crippen LogP contribution in [0, 0.1) is 11.8 Å². The largest absolute Gasteiger partial charge is 0.430 e. The normalized spacial score (nSPS) is 19.5. The van der Waals surface area contributed by atoms with Gasteiger partial charge in [0.05, 0.1) is 10.4 Å². The topological polar surface area (TPSA) is 76.6 Å². The Morgan fingerprint density at radius 3 is 2.16 bits per heavy atom. The first-order valence-electron chi connectivity index (χ1n) is 12.8. The number of amides is 1. The Labute approximate surface area is 223 Å². The molecule has 1 aromatic heterocycles. The lowest BCUT2D eigenvalue weighted by atomic mass is 9.78. The molecule has 0 unspecified atom stereocenters. The molecule has 2 N–H and O–H groups in total. The standard InChI is InChI=1S/C28H29ClF3N3O3/c29-23-17-22(16-20-6-11-33-25(36)24(20)23)34-12-7-18(8-13-34)19-9-14-35(15-10-19)26(37)27(38,28(30,31)32)21-4-2-1-3-5-21/h1-6,11,16-19,38H,7-10,12-15H2,(H,33,36)/t27-/m1/s1. The lowest BCUT2D eigenvalue weighted by Crippen LogP contribution is -2.57. The highest BCUT2D eigenvalue weighted by Gasteiger charge is 2.62. The molecule has 2 saturated heterocycles. The molecule has 0 saturated carbocycles. The summed E-state index contributed by atoms with van der Waals surface area (Å²) in [6.07, 6.45) is -0.495. The zero-order chi connectivity index (χ0) is 27.1. The number of piperidine rings is 2. The smallest absolute Gasteiger partial charge is 0.371 e. The molecule has 2 aliphatic heterocycles. The first-order chi connectivity index (χ1) is 18.1. The van der Waals surface area contributed by atoms with Crippen LogP contribution in [0.1, 0.15) is 31.2 Å². The van der Waals surface area contributed by atoms with Crippen LogP contribution < -0.4 is 10.5 Å². The van der Waals surface area contributed by atoms with E-state index < -0.39 is 23.2 Å². The van der Waals surface area contributed by atoms with Gasteiger partial charge in [-0.15, -0.1) is 0 Å². The third-order valence-corrected chi connectivity index (χ3v) is 8.42. The maximum Gasteiger partial charge on any atom is 0.430 e. The van der Waals surface area contributed by atoms with Crippen LogP contribution in [0.5, 0.6) is 0 Å². The molecule has 202 valence electrons. The SMILES string of the molecule is O=C(N1CCC(C2CCN(c3cc(Cl)c4c(=O)[nH]ccc4c3)CC2)CC1)[C@](O)(c1ccccc1)C(F)(F)F. The number of rotatable bonds is 4. The molecule has 1 atom stereocenters. The number of alkyl halides is 3. The summed E-state index contributed by atoms with van der Waals surface area (Å²) in [4.78, 5) is 31.1. The Morgan fingerprint density at radius 2 is 1.55 bits per heavy atom. The number of nitrogens with zero attached hydrogens (tertiary/aromatic N) is 2. The number of aromatic amines is 1. The van der Waals surface area contributed by atoms with Gasteiger partial charge in [0, 0.05) is 43.6 Å². The highest BCUT2D eigenvalue weighted by molar-refractivity contribution is 6.35. The monoisotopic (exact) mass is 547 g/mol. The fraction of sp³-hybridized carbons (Fsp3) is 0.429. The van der Waals surface area contributed by atoms with Crippen LogP contribution in [-0.4, -0.2) is 53.3 Å². The summed E-state index contributed by atoms with van der Waals surface area (Å²) in [5, 5.41) is 12.3. The molecule has 2 aliphatic rings. The van der Waals surface area contributed by atoms with Crippen LogP contribution in [0.3, 0.4) is 0 Å². The Kier molecular flexibility index (Phi) is 7.17. The molecule has 0 aliphatic carbocycles. The van der Waals surface area contributed by atoms with E-state index in [0.717, 1.165) is 54.0 Å². The number of carbonyl (C=O) groups excluding carboxylic acids is 1. The molecule has 0 radical (unpaired) electrons. The molecule has 1 amide bonds. The minimum Gasteiger partial charge on any atom is -0.371 e. The summed E-state index contributed by atoms with van der Waals surface area (Å²) >= 11 is 6.41. The van der Waals surface area contributed by atoms with E-state index in [1.165, 1.54) is 18.2 Å². The summed E-state index contributed by atoms with van der Waals surface area (Å²) in [7, 11) is 0. The minimum absolute atomic E-state index is 0.184. The van der Waals surface area contributed by atoms with Gasteiger partial charge in [-0.3, -0.25) is 9.59 Å². The molecule has 38 heavy (non-hydrogen) atoms. The Balaban J connectivity index is 1.21. The Hall–Kier alpha value is -3.04. The average Bonchev–Trinajstić information content (AvgIpc) is 2.92. The van der Waals surface area contributed by atoms with Crippen molar-refractivity contribution in [1.82, 2.24) is 9.88 Å². The van der Waals surface area contributed by atoms with Crippen molar-refractivity contribution < 1.29 is 23.1 Å². The van der Waals surface area contributed by atoms with E-state index in [9.17, 15) is 27.9 Å². The number of nitrogens with one attached hydrogen (secondary N) is 1. The maximum absolute atomic E-state index is 13.9. The van der Waals surface area contributed by atoms with Crippen LogP contribution in [0.4, 0.5) is 18.9 Å². The van der Waals surface area contributed by atoms with E-state index in [1.54, 1.807) is 6.20 Å². The van der Waals surface area contributed by atoms with Crippen LogP contribution in [0.15, 0.2) is 59.5 Å². The van der Waals surface area contributed by atoms with Gasteiger partial charge >= 0.3 is 6.18 Å². The number of aromatic nitrogens is 1. The van der Waals surface area contributed by atoms with Crippen LogP contribution in [0.25, 0.3) is 10.8 Å². The summed E-state index contributed by atoms with van der Waals surface area (Å²) < 4.78 is 41.8. The zero-order valence-electron chi connectivity index (χ0n) is 20.7. The number of anilines is 1. The molecule has 0 spiro atoms. The van der Waals surface area contributed by atoms with Crippen molar-refractivity contribution in [2.75, 3.05) is 31.1 Å². The number of hydrogen-bond acceptors (Lipinski definition) is 4. The molecule has 0 bridgehead atoms. The van der Waals surface area contributed by atoms with E-state index in [4.69, 9.17) is 11.6 Å². The van der Waals surface area contributed by atoms with E-state index in [1.807, 2.05) is 18.2 Å². The molecule has 3 aromatic rings. The highest BCUT2D eigenvalue weighted by Crippen LogP contribution is 2.42. The quantitative estimate of drug-likeness (QED) is 0.477. The van der Waals surface area contributed by atoms with E-state index in [-0.39, 0.29) is 18.6 Å². The van der Waals surface area contributed by atoms with Gasteiger partial charge in [-0.05, 0) is 61.1 Å². The van der Waals surface area contributed by atoms with E-state index in [2.05, 4.69) is 9.88 Å². The Morgan fingerprint density at radius 1 is 0.947 bits per heavy atom. The lowest BCUT2D eigenvalue weighted by molar-refractivity contribution is -0.262. The third-order valence-electron chi connectivity index (χ3n) is 8.12. The maximum atomic E-state index is 13.9. The van der Waals surface area contributed by atoms with Crippen molar-refractivity contribution >= 4 is 34.0 Å². The molecule has 2 aromatic carbocycles. The van der Waals surface area contributed by atoms with E-state index in [0.29, 0.717) is 35.1 Å². The third kappa shape index (κ3) is 4.78. The van der Waals surface area contributed by atoms with Crippen molar-refractivity contribution in [2.45, 2.75) is 37.5 Å². The highest BCUT2D eigenvalue weighted by atomic mass is 35.5. The Bertz CT molecular complexity index is 1360. The molecule has 6 nitrogen and oxygen atoms in total. The first-order valence-corrected chi connectivity index (χ1v) is 13.2. The second kappa shape index (κ2) is 10.3. The number of halogens is 4. The molecular formula is C28H29ClF3N3O3. The van der Waals surface area contributed by atoms with Crippen LogP contribution >= 0.6 is 11.6 Å². The van der Waals surface area contributed by atoms with Gasteiger partial charge in [0.25, 0.3) is 17.1 Å². The summed E-state index contributed by atoms with van der Waals surface area (Å²) in [6, 6.07) is 12.2. The number of hydrogen-bond donors (Lipinski definition) is 2. The van der Waals surface area contributed by atoms with Crippen molar-refractivity contribution in [3.05, 3.63) is 75.7 Å². The number of pyridine rings is 1. The number of carbonyl (C=O) groups is 1. The van der Waals surface area contributed by atoms with Gasteiger partial charge in [0.1, 0.15) is 0 Å². The van der Waals surface area contributed by atoms with Gasteiger partial charge in [-0.25, -0.2) is 0 Å². The van der Waals surface area contributed by atoms with Crippen LogP contribution in [0.2, 0.25) is 5.02 Å². The van der Waals surface area contributed by atoms with Gasteiger partial charge in [0.15, 0.2) is 0 Å². The van der Waals surface area contributed by atoms with Gasteiger partial charge < -0.3 is 19.9 Å². The fourth-order valence-corrected chi connectivity index (χ4v) is 6.27. The molecule has 2 fully saturated rings. The molecule has 3 heterocycles. The molecular weight excluding hydrogens is 519 g/mol.